The van der Waals surface area contributed by atoms with Gasteiger partial charge in [-0.05, 0) is 65.4 Å². The second-order valence-electron chi connectivity index (χ2n) is 9.89. The van der Waals surface area contributed by atoms with Crippen molar-refractivity contribution in [2.24, 2.45) is 5.92 Å². The average molecular weight is 527 g/mol. The molecule has 3 aromatic rings. The second-order valence-corrected chi connectivity index (χ2v) is 11.0. The van der Waals surface area contributed by atoms with E-state index in [0.29, 0.717) is 6.54 Å². The molecule has 2 aliphatic rings. The maximum Gasteiger partial charge on any atom is 0.330 e. The van der Waals surface area contributed by atoms with Crippen LogP contribution in [0.25, 0.3) is 17.2 Å². The molecule has 6 heteroatoms. The third kappa shape index (κ3) is 6.30. The van der Waals surface area contributed by atoms with E-state index in [1.54, 1.807) is 6.08 Å². The Morgan fingerprint density at radius 1 is 1.00 bits per heavy atom. The van der Waals surface area contributed by atoms with Crippen LogP contribution in [0.1, 0.15) is 43.2 Å². The summed E-state index contributed by atoms with van der Waals surface area (Å²) < 4.78 is 4.72. The first-order chi connectivity index (χ1) is 18.6. The number of carbonyl (C=O) groups is 2. The van der Waals surface area contributed by atoms with Crippen LogP contribution >= 0.6 is 11.8 Å². The highest BCUT2D eigenvalue weighted by Crippen LogP contribution is 2.35. The SMILES string of the molecule is COC(=O)C=Cc1cccc(N(Cc2ccc(-c3ccc4c(c3)SCCN4)cc2)C(=O)C2CCCCC2)c1. The molecule has 38 heavy (non-hydrogen) atoms. The van der Waals surface area contributed by atoms with Crippen molar-refractivity contribution in [2.75, 3.05) is 29.6 Å². The Morgan fingerprint density at radius 2 is 1.79 bits per heavy atom. The van der Waals surface area contributed by atoms with Crippen LogP contribution in [0.5, 0.6) is 0 Å². The van der Waals surface area contributed by atoms with Gasteiger partial charge in [0.05, 0.1) is 13.7 Å². The molecule has 0 radical (unpaired) electrons. The summed E-state index contributed by atoms with van der Waals surface area (Å²) in [6.07, 6.45) is 8.43. The Bertz CT molecular complexity index is 1310. The zero-order chi connectivity index (χ0) is 26.3. The van der Waals surface area contributed by atoms with Crippen molar-refractivity contribution < 1.29 is 14.3 Å². The molecule has 1 heterocycles. The van der Waals surface area contributed by atoms with Gasteiger partial charge in [-0.2, -0.15) is 0 Å². The third-order valence-corrected chi connectivity index (χ3v) is 8.36. The standard InChI is InChI=1S/C32H34N2O3S/c1-37-31(35)17-12-23-6-5-9-28(20-23)34(32(36)26-7-3-2-4-8-26)22-24-10-13-25(14-11-24)27-15-16-29-30(21-27)38-19-18-33-29/h5-6,9-17,20-21,26,33H,2-4,7-8,18-19,22H2,1H3. The molecular formula is C32H34N2O3S. The topological polar surface area (TPSA) is 58.6 Å². The highest BCUT2D eigenvalue weighted by Gasteiger charge is 2.27. The quantitative estimate of drug-likeness (QED) is 0.261. The number of fused-ring (bicyclic) bond motifs is 1. The summed E-state index contributed by atoms with van der Waals surface area (Å²) in [5, 5.41) is 3.46. The molecule has 196 valence electrons. The number of hydrogen-bond acceptors (Lipinski definition) is 5. The summed E-state index contributed by atoms with van der Waals surface area (Å²) in [5.74, 6) is 0.917. The number of amides is 1. The highest BCUT2D eigenvalue weighted by atomic mass is 32.2. The van der Waals surface area contributed by atoms with Crippen LogP contribution in [0.4, 0.5) is 11.4 Å². The molecular weight excluding hydrogens is 492 g/mol. The van der Waals surface area contributed by atoms with Gasteiger partial charge in [-0.15, -0.1) is 11.8 Å². The summed E-state index contributed by atoms with van der Waals surface area (Å²) in [6.45, 7) is 1.51. The lowest BCUT2D eigenvalue weighted by atomic mass is 9.88. The maximum atomic E-state index is 13.8. The molecule has 0 aromatic heterocycles. The third-order valence-electron chi connectivity index (χ3n) is 7.30. The fourth-order valence-electron chi connectivity index (χ4n) is 5.19. The lowest BCUT2D eigenvalue weighted by Crippen LogP contribution is -2.36. The van der Waals surface area contributed by atoms with Crippen molar-refractivity contribution in [3.63, 3.8) is 0 Å². The number of carbonyl (C=O) groups excluding carboxylic acids is 2. The van der Waals surface area contributed by atoms with Crippen molar-refractivity contribution in [3.05, 3.63) is 83.9 Å². The lowest BCUT2D eigenvalue weighted by molar-refractivity contribution is -0.134. The normalized spacial score (nSPS) is 15.5. The summed E-state index contributed by atoms with van der Waals surface area (Å²) in [6, 6.07) is 22.9. The first kappa shape index (κ1) is 26.1. The van der Waals surface area contributed by atoms with Crippen LogP contribution < -0.4 is 10.2 Å². The first-order valence-corrected chi connectivity index (χ1v) is 14.4. The van der Waals surface area contributed by atoms with Crippen molar-refractivity contribution in [3.8, 4) is 11.1 Å². The van der Waals surface area contributed by atoms with Gasteiger partial charge in [0.15, 0.2) is 0 Å². The Kier molecular flexibility index (Phi) is 8.49. The van der Waals surface area contributed by atoms with Crippen LogP contribution in [0.15, 0.2) is 77.7 Å². The molecule has 0 bridgehead atoms. The number of benzene rings is 3. The predicted molar refractivity (Wildman–Crippen MR) is 156 cm³/mol. The summed E-state index contributed by atoms with van der Waals surface area (Å²) >= 11 is 1.89. The molecule has 1 amide bonds. The zero-order valence-electron chi connectivity index (χ0n) is 21.8. The van der Waals surface area contributed by atoms with E-state index >= 15 is 0 Å². The smallest absolute Gasteiger partial charge is 0.330 e. The predicted octanol–water partition coefficient (Wildman–Crippen LogP) is 7.17. The summed E-state index contributed by atoms with van der Waals surface area (Å²) in [5.41, 5.74) is 6.36. The second kappa shape index (κ2) is 12.4. The minimum Gasteiger partial charge on any atom is -0.466 e. The number of nitrogens with one attached hydrogen (secondary N) is 1. The van der Waals surface area contributed by atoms with E-state index in [-0.39, 0.29) is 11.8 Å². The molecule has 5 nitrogen and oxygen atoms in total. The van der Waals surface area contributed by atoms with Gasteiger partial charge in [0.25, 0.3) is 0 Å². The zero-order valence-corrected chi connectivity index (χ0v) is 22.6. The molecule has 0 saturated heterocycles. The summed E-state index contributed by atoms with van der Waals surface area (Å²) in [4.78, 5) is 28.6. The van der Waals surface area contributed by atoms with Gasteiger partial charge in [0.1, 0.15) is 0 Å². The molecule has 5 rings (SSSR count). The minimum absolute atomic E-state index is 0.0545. The number of anilines is 2. The van der Waals surface area contributed by atoms with E-state index in [9.17, 15) is 9.59 Å². The minimum atomic E-state index is -0.403. The monoisotopic (exact) mass is 526 g/mol. The highest BCUT2D eigenvalue weighted by molar-refractivity contribution is 7.99. The fraction of sp³-hybridized carbons (Fsp3) is 0.312. The molecule has 0 atom stereocenters. The number of ether oxygens (including phenoxy) is 1. The average Bonchev–Trinajstić information content (AvgIpc) is 2.99. The Labute approximate surface area is 229 Å². The van der Waals surface area contributed by atoms with E-state index in [4.69, 9.17) is 4.74 Å². The van der Waals surface area contributed by atoms with Crippen LogP contribution in [0.3, 0.4) is 0 Å². The fourth-order valence-corrected chi connectivity index (χ4v) is 6.12. The molecule has 0 unspecified atom stereocenters. The Hall–Kier alpha value is -3.51. The number of nitrogens with zero attached hydrogens (tertiary/aromatic N) is 1. The molecule has 3 aromatic carbocycles. The summed E-state index contributed by atoms with van der Waals surface area (Å²) in [7, 11) is 1.36. The van der Waals surface area contributed by atoms with Gasteiger partial charge in [-0.3, -0.25) is 4.79 Å². The van der Waals surface area contributed by atoms with Crippen LogP contribution in [-0.2, 0) is 20.9 Å². The first-order valence-electron chi connectivity index (χ1n) is 13.4. The van der Waals surface area contributed by atoms with Gasteiger partial charge >= 0.3 is 5.97 Å². The Morgan fingerprint density at radius 3 is 2.58 bits per heavy atom. The van der Waals surface area contributed by atoms with E-state index < -0.39 is 5.97 Å². The van der Waals surface area contributed by atoms with Crippen LogP contribution in [-0.4, -0.2) is 31.3 Å². The number of hydrogen-bond donors (Lipinski definition) is 1. The number of rotatable bonds is 7. The van der Waals surface area contributed by atoms with Crippen LogP contribution in [0, 0.1) is 5.92 Å². The molecule has 1 aliphatic heterocycles. The lowest BCUT2D eigenvalue weighted by Gasteiger charge is -2.30. The van der Waals surface area contributed by atoms with Gasteiger partial charge in [-0.1, -0.05) is 61.7 Å². The van der Waals surface area contributed by atoms with Crippen molar-refractivity contribution in [1.82, 2.24) is 0 Å². The molecule has 1 aliphatic carbocycles. The molecule has 1 saturated carbocycles. The Balaban J connectivity index is 1.39. The molecule has 1 N–H and O–H groups in total. The molecule has 1 fully saturated rings. The van der Waals surface area contributed by atoms with E-state index in [1.165, 1.54) is 41.3 Å². The van der Waals surface area contributed by atoms with E-state index in [1.807, 2.05) is 40.9 Å². The molecule has 0 spiro atoms. The van der Waals surface area contributed by atoms with Crippen molar-refractivity contribution in [2.45, 2.75) is 43.5 Å². The van der Waals surface area contributed by atoms with Gasteiger partial charge < -0.3 is 15.0 Å². The van der Waals surface area contributed by atoms with Gasteiger partial charge in [-0.25, -0.2) is 4.79 Å². The van der Waals surface area contributed by atoms with Gasteiger partial charge in [0.2, 0.25) is 5.91 Å². The maximum absolute atomic E-state index is 13.8. The number of methoxy groups -OCH3 is 1. The number of thioether (sulfide) groups is 1. The van der Waals surface area contributed by atoms with Crippen molar-refractivity contribution >= 4 is 41.1 Å². The van der Waals surface area contributed by atoms with Crippen LogP contribution in [0.2, 0.25) is 0 Å². The largest absolute Gasteiger partial charge is 0.466 e. The number of esters is 1. The van der Waals surface area contributed by atoms with E-state index in [0.717, 1.165) is 54.8 Å². The van der Waals surface area contributed by atoms with E-state index in [2.05, 4.69) is 47.8 Å². The van der Waals surface area contributed by atoms with Gasteiger partial charge in [0, 0.05) is 40.6 Å². The van der Waals surface area contributed by atoms with Crippen molar-refractivity contribution in [1.29, 1.82) is 0 Å².